The predicted molar refractivity (Wildman–Crippen MR) is 89.8 cm³/mol. The van der Waals surface area contributed by atoms with Gasteiger partial charge in [-0.25, -0.2) is 4.79 Å². The van der Waals surface area contributed by atoms with Gasteiger partial charge >= 0.3 is 6.03 Å². The topological polar surface area (TPSA) is 71.3 Å². The number of nitrogens with one attached hydrogen (secondary N) is 1. The van der Waals surface area contributed by atoms with Crippen molar-refractivity contribution in [1.29, 1.82) is 0 Å². The molecule has 0 bridgehead atoms. The standard InChI is InChI=1S/C16H20N4O2S/c1-11-17-15(22-19-11)12-4-3-9-20(10-12)16(21)18-13-5-7-14(23-2)8-6-13/h5-8,12H,3-4,9-10H2,1-2H3,(H,18,21)/t12-/m0/s1. The zero-order valence-corrected chi connectivity index (χ0v) is 14.1. The largest absolute Gasteiger partial charge is 0.339 e. The molecular formula is C16H20N4O2S. The van der Waals surface area contributed by atoms with Crippen LogP contribution in [0.5, 0.6) is 0 Å². The highest BCUT2D eigenvalue weighted by atomic mass is 32.2. The molecule has 2 amide bonds. The van der Waals surface area contributed by atoms with Crippen molar-refractivity contribution in [3.8, 4) is 0 Å². The number of carbonyl (C=O) groups is 1. The Balaban J connectivity index is 1.62. The number of thioether (sulfide) groups is 1. The van der Waals surface area contributed by atoms with E-state index in [1.54, 1.807) is 18.7 Å². The smallest absolute Gasteiger partial charge is 0.321 e. The van der Waals surface area contributed by atoms with E-state index in [1.165, 1.54) is 4.90 Å². The number of hydrogen-bond donors (Lipinski definition) is 1. The highest BCUT2D eigenvalue weighted by Crippen LogP contribution is 2.26. The number of hydrogen-bond acceptors (Lipinski definition) is 5. The molecular weight excluding hydrogens is 312 g/mol. The van der Waals surface area contributed by atoms with Gasteiger partial charge in [-0.1, -0.05) is 5.16 Å². The first kappa shape index (κ1) is 15.9. The molecule has 0 unspecified atom stereocenters. The Morgan fingerprint density at radius 2 is 2.17 bits per heavy atom. The van der Waals surface area contributed by atoms with Crippen LogP contribution in [0.3, 0.4) is 0 Å². The highest BCUT2D eigenvalue weighted by molar-refractivity contribution is 7.98. The van der Waals surface area contributed by atoms with Crippen LogP contribution in [0.15, 0.2) is 33.7 Å². The number of rotatable bonds is 3. The van der Waals surface area contributed by atoms with Crippen LogP contribution in [0, 0.1) is 6.92 Å². The molecule has 1 N–H and O–H groups in total. The molecule has 1 aromatic heterocycles. The molecule has 1 aliphatic rings. The summed E-state index contributed by atoms with van der Waals surface area (Å²) in [5, 5.41) is 6.79. The Hall–Kier alpha value is -2.02. The van der Waals surface area contributed by atoms with Crippen molar-refractivity contribution in [2.45, 2.75) is 30.6 Å². The second-order valence-electron chi connectivity index (χ2n) is 5.62. The molecule has 2 heterocycles. The Labute approximate surface area is 139 Å². The third-order valence-corrected chi connectivity index (χ3v) is 4.69. The van der Waals surface area contributed by atoms with Gasteiger partial charge in [-0.2, -0.15) is 4.98 Å². The fourth-order valence-corrected chi connectivity index (χ4v) is 3.13. The lowest BCUT2D eigenvalue weighted by Crippen LogP contribution is -2.41. The van der Waals surface area contributed by atoms with E-state index >= 15 is 0 Å². The first-order chi connectivity index (χ1) is 11.2. The van der Waals surface area contributed by atoms with Crippen LogP contribution < -0.4 is 5.32 Å². The zero-order chi connectivity index (χ0) is 16.2. The lowest BCUT2D eigenvalue weighted by Gasteiger charge is -2.31. The number of carbonyl (C=O) groups excluding carboxylic acids is 1. The third-order valence-electron chi connectivity index (χ3n) is 3.94. The first-order valence-corrected chi connectivity index (χ1v) is 8.88. The number of piperidine rings is 1. The van der Waals surface area contributed by atoms with Gasteiger partial charge in [-0.05, 0) is 50.3 Å². The minimum Gasteiger partial charge on any atom is -0.339 e. The van der Waals surface area contributed by atoms with E-state index < -0.39 is 0 Å². The monoisotopic (exact) mass is 332 g/mol. The van der Waals surface area contributed by atoms with Crippen LogP contribution in [0.1, 0.15) is 30.5 Å². The number of nitrogens with zero attached hydrogens (tertiary/aromatic N) is 3. The van der Waals surface area contributed by atoms with Gasteiger partial charge in [-0.15, -0.1) is 11.8 Å². The molecule has 7 heteroatoms. The van der Waals surface area contributed by atoms with E-state index in [0.29, 0.717) is 18.3 Å². The Bertz CT molecular complexity index is 671. The summed E-state index contributed by atoms with van der Waals surface area (Å²) in [4.78, 5) is 19.7. The molecule has 0 saturated carbocycles. The summed E-state index contributed by atoms with van der Waals surface area (Å²) in [6.07, 6.45) is 3.93. The number of aromatic nitrogens is 2. The number of benzene rings is 1. The second-order valence-corrected chi connectivity index (χ2v) is 6.50. The lowest BCUT2D eigenvalue weighted by atomic mass is 9.98. The van der Waals surface area contributed by atoms with Gasteiger partial charge < -0.3 is 14.7 Å². The molecule has 1 aliphatic heterocycles. The number of aryl methyl sites for hydroxylation is 1. The molecule has 1 saturated heterocycles. The van der Waals surface area contributed by atoms with Crippen LogP contribution in [0.2, 0.25) is 0 Å². The summed E-state index contributed by atoms with van der Waals surface area (Å²) in [6, 6.07) is 7.77. The Kier molecular flexibility index (Phi) is 4.85. The molecule has 0 aliphatic carbocycles. The van der Waals surface area contributed by atoms with Gasteiger partial charge in [0.15, 0.2) is 5.82 Å². The van der Waals surface area contributed by atoms with Gasteiger partial charge in [0, 0.05) is 23.7 Å². The maximum absolute atomic E-state index is 12.4. The van der Waals surface area contributed by atoms with Gasteiger partial charge in [0.05, 0.1) is 5.92 Å². The Morgan fingerprint density at radius 3 is 2.83 bits per heavy atom. The number of anilines is 1. The summed E-state index contributed by atoms with van der Waals surface area (Å²) < 4.78 is 5.25. The summed E-state index contributed by atoms with van der Waals surface area (Å²) in [5.41, 5.74) is 0.809. The minimum atomic E-state index is -0.0807. The molecule has 3 rings (SSSR count). The van der Waals surface area contributed by atoms with E-state index in [1.807, 2.05) is 35.4 Å². The van der Waals surface area contributed by atoms with E-state index in [2.05, 4.69) is 15.5 Å². The van der Waals surface area contributed by atoms with Crippen molar-refractivity contribution in [1.82, 2.24) is 15.0 Å². The first-order valence-electron chi connectivity index (χ1n) is 7.66. The van der Waals surface area contributed by atoms with E-state index in [0.717, 1.165) is 25.1 Å². The fourth-order valence-electron chi connectivity index (χ4n) is 2.72. The maximum Gasteiger partial charge on any atom is 0.321 e. The van der Waals surface area contributed by atoms with E-state index in [4.69, 9.17) is 4.52 Å². The van der Waals surface area contributed by atoms with Gasteiger partial charge in [0.2, 0.25) is 5.89 Å². The van der Waals surface area contributed by atoms with Gasteiger partial charge in [-0.3, -0.25) is 0 Å². The van der Waals surface area contributed by atoms with Crippen molar-refractivity contribution in [3.63, 3.8) is 0 Å². The zero-order valence-electron chi connectivity index (χ0n) is 13.3. The SMILES string of the molecule is CSc1ccc(NC(=O)N2CCC[C@H](c3nc(C)no3)C2)cc1. The van der Waals surface area contributed by atoms with Crippen molar-refractivity contribution in [2.24, 2.45) is 0 Å². The molecule has 0 radical (unpaired) electrons. The lowest BCUT2D eigenvalue weighted by molar-refractivity contribution is 0.184. The average Bonchev–Trinajstić information content (AvgIpc) is 3.02. The molecule has 122 valence electrons. The summed E-state index contributed by atoms with van der Waals surface area (Å²) in [6.45, 7) is 3.16. The average molecular weight is 332 g/mol. The summed E-state index contributed by atoms with van der Waals surface area (Å²) >= 11 is 1.68. The second kappa shape index (κ2) is 7.04. The van der Waals surface area contributed by atoms with Crippen LogP contribution in [-0.4, -0.2) is 40.4 Å². The van der Waals surface area contributed by atoms with Gasteiger partial charge in [0.25, 0.3) is 0 Å². The highest BCUT2D eigenvalue weighted by Gasteiger charge is 2.28. The van der Waals surface area contributed by atoms with E-state index in [-0.39, 0.29) is 11.9 Å². The Morgan fingerprint density at radius 1 is 1.39 bits per heavy atom. The van der Waals surface area contributed by atoms with Crippen molar-refractivity contribution >= 4 is 23.5 Å². The minimum absolute atomic E-state index is 0.0807. The molecule has 1 atom stereocenters. The molecule has 6 nitrogen and oxygen atoms in total. The molecule has 1 aromatic carbocycles. The third kappa shape index (κ3) is 3.85. The van der Waals surface area contributed by atoms with Gasteiger partial charge in [0.1, 0.15) is 0 Å². The molecule has 23 heavy (non-hydrogen) atoms. The summed E-state index contributed by atoms with van der Waals surface area (Å²) in [5.74, 6) is 1.38. The maximum atomic E-state index is 12.4. The predicted octanol–water partition coefficient (Wildman–Crippen LogP) is 3.51. The molecule has 0 spiro atoms. The quantitative estimate of drug-likeness (QED) is 0.871. The van der Waals surface area contributed by atoms with Crippen LogP contribution >= 0.6 is 11.8 Å². The molecule has 1 fully saturated rings. The van der Waals surface area contributed by atoms with Crippen molar-refractivity contribution in [3.05, 3.63) is 36.0 Å². The van der Waals surface area contributed by atoms with Crippen molar-refractivity contribution in [2.75, 3.05) is 24.7 Å². The number of amides is 2. The number of likely N-dealkylation sites (tertiary alicyclic amines) is 1. The fraction of sp³-hybridized carbons (Fsp3) is 0.438. The normalized spacial score (nSPS) is 18.0. The van der Waals surface area contributed by atoms with Crippen LogP contribution in [0.4, 0.5) is 10.5 Å². The van der Waals surface area contributed by atoms with E-state index in [9.17, 15) is 4.79 Å². The molecule has 2 aromatic rings. The summed E-state index contributed by atoms with van der Waals surface area (Å²) in [7, 11) is 0. The van der Waals surface area contributed by atoms with Crippen LogP contribution in [0.25, 0.3) is 0 Å². The van der Waals surface area contributed by atoms with Crippen LogP contribution in [-0.2, 0) is 0 Å². The van der Waals surface area contributed by atoms with Crippen molar-refractivity contribution < 1.29 is 9.32 Å². The number of urea groups is 1.